The number of aliphatic hydroxyl groups excluding tert-OH is 1. The number of hydrogen-bond donors (Lipinski definition) is 3. The molecule has 8 nitrogen and oxygen atoms in total. The molecule has 3 aromatic rings. The fourth-order valence-corrected chi connectivity index (χ4v) is 3.45. The quantitative estimate of drug-likeness (QED) is 0.539. The van der Waals surface area contributed by atoms with Gasteiger partial charge in [-0.1, -0.05) is 0 Å². The summed E-state index contributed by atoms with van der Waals surface area (Å²) in [5, 5.41) is 14.9. The highest BCUT2D eigenvalue weighted by molar-refractivity contribution is 5.76. The summed E-state index contributed by atoms with van der Waals surface area (Å²) in [6.45, 7) is 0.477. The van der Waals surface area contributed by atoms with E-state index >= 15 is 0 Å². The fourth-order valence-electron chi connectivity index (χ4n) is 3.45. The maximum atomic E-state index is 14.4. The Morgan fingerprint density at radius 2 is 2.00 bits per heavy atom. The average molecular weight is 456 g/mol. The highest BCUT2D eigenvalue weighted by Crippen LogP contribution is 2.32. The fraction of sp³-hybridized carbons (Fsp3) is 0.476. The van der Waals surface area contributed by atoms with Gasteiger partial charge in [0.1, 0.15) is 17.0 Å². The van der Waals surface area contributed by atoms with Crippen LogP contribution in [-0.2, 0) is 4.74 Å². The predicted molar refractivity (Wildman–Crippen MR) is 111 cm³/mol. The van der Waals surface area contributed by atoms with Gasteiger partial charge < -0.3 is 20.5 Å². The number of imidazole rings is 1. The molecular weight excluding hydrogens is 425 g/mol. The number of halogens is 3. The Hall–Kier alpha value is -2.92. The number of rotatable bonds is 5. The maximum absolute atomic E-state index is 14.4. The van der Waals surface area contributed by atoms with E-state index in [0.29, 0.717) is 25.2 Å². The average Bonchev–Trinajstić information content (AvgIpc) is 3.51. The topological polar surface area (TPSA) is 97.1 Å². The zero-order valence-corrected chi connectivity index (χ0v) is 16.4. The Morgan fingerprint density at radius 3 is 2.75 bits per heavy atom. The molecule has 2 aromatic heterocycles. The van der Waals surface area contributed by atoms with Gasteiger partial charge in [-0.25, -0.2) is 23.1 Å². The number of anilines is 3. The van der Waals surface area contributed by atoms with Crippen molar-refractivity contribution in [2.75, 3.05) is 23.8 Å². The van der Waals surface area contributed by atoms with Crippen molar-refractivity contribution in [3.8, 4) is 0 Å². The monoisotopic (exact) mass is 456 g/mol. The minimum absolute atomic E-state index is 0.00410. The van der Waals surface area contributed by atoms with Gasteiger partial charge >= 0.3 is 0 Å². The second-order valence-electron chi connectivity index (χ2n) is 7.12. The van der Waals surface area contributed by atoms with Gasteiger partial charge in [-0.05, 0) is 31.9 Å². The highest BCUT2D eigenvalue weighted by Gasteiger charge is 2.27. The minimum Gasteiger partial charge on any atom is -0.393 e. The lowest BCUT2D eigenvalue weighted by Crippen LogP contribution is -2.29. The SMILES string of the molecule is [2H]C1C(O)C([2H])([2H])C([2H])([2H])C([2H])(Nc2ncc3nc(Nc4c(F)cc(F)cc4F)n(C4CCOC4)c3n2)C1([2H])[2H]. The normalized spacial score (nSPS) is 36.6. The maximum Gasteiger partial charge on any atom is 0.224 e. The van der Waals surface area contributed by atoms with Crippen LogP contribution in [0.3, 0.4) is 0 Å². The van der Waals surface area contributed by atoms with Crippen LogP contribution in [0.4, 0.5) is 30.8 Å². The molecule has 1 aliphatic carbocycles. The Kier molecular flexibility index (Phi) is 3.63. The summed E-state index contributed by atoms with van der Waals surface area (Å²) >= 11 is 0. The number of nitrogens with zero attached hydrogens (tertiary/aromatic N) is 4. The summed E-state index contributed by atoms with van der Waals surface area (Å²) in [4.78, 5) is 12.5. The molecule has 1 aliphatic heterocycles. The highest BCUT2D eigenvalue weighted by atomic mass is 19.1. The largest absolute Gasteiger partial charge is 0.393 e. The molecule has 1 aromatic carbocycles. The van der Waals surface area contributed by atoms with E-state index < -0.39 is 72.8 Å². The summed E-state index contributed by atoms with van der Waals surface area (Å²) in [6.07, 6.45) is -12.9. The summed E-state index contributed by atoms with van der Waals surface area (Å²) in [5.74, 6) is -4.26. The van der Waals surface area contributed by atoms with Crippen molar-refractivity contribution >= 4 is 28.7 Å². The smallest absolute Gasteiger partial charge is 0.224 e. The molecule has 1 saturated carbocycles. The van der Waals surface area contributed by atoms with E-state index in [1.54, 1.807) is 0 Å². The minimum atomic E-state index is -3.40. The van der Waals surface area contributed by atoms with E-state index in [1.807, 2.05) is 0 Å². The van der Waals surface area contributed by atoms with Crippen molar-refractivity contribution in [1.29, 1.82) is 0 Å². The molecule has 3 heterocycles. The van der Waals surface area contributed by atoms with Gasteiger partial charge in [-0.15, -0.1) is 0 Å². The number of ether oxygens (including phenoxy) is 1. The molecule has 1 saturated heterocycles. The summed E-state index contributed by atoms with van der Waals surface area (Å²) in [7, 11) is 0. The lowest BCUT2D eigenvalue weighted by molar-refractivity contribution is 0.126. The number of hydrogen-bond acceptors (Lipinski definition) is 7. The van der Waals surface area contributed by atoms with Gasteiger partial charge in [0.05, 0.1) is 26.3 Å². The van der Waals surface area contributed by atoms with Crippen LogP contribution in [0.1, 0.15) is 48.9 Å². The Labute approximate surface area is 193 Å². The standard InChI is InChI=1S/C21H23F3N6O2/c22-11-7-15(23)18(16(24)8-11)28-21-27-17-9-25-20(26-12-1-3-14(31)4-2-12)29-19(17)30(21)13-5-6-32-10-13/h7-9,12-14,31H,1-6,10H2,(H,27,28)(H,25,26,29)/i1D2,2D2,3D,4D2,12D. The first-order valence-electron chi connectivity index (χ1n) is 13.7. The molecule has 2 fully saturated rings. The van der Waals surface area contributed by atoms with Crippen LogP contribution >= 0.6 is 0 Å². The number of benzene rings is 1. The first kappa shape index (κ1) is 13.6. The van der Waals surface area contributed by atoms with E-state index in [0.717, 1.165) is 6.20 Å². The van der Waals surface area contributed by atoms with Crippen molar-refractivity contribution in [2.45, 2.75) is 50.1 Å². The second kappa shape index (κ2) is 8.55. The van der Waals surface area contributed by atoms with Crippen LogP contribution in [0.25, 0.3) is 11.2 Å². The predicted octanol–water partition coefficient (Wildman–Crippen LogP) is 3.66. The van der Waals surface area contributed by atoms with Gasteiger partial charge in [-0.3, -0.25) is 4.57 Å². The van der Waals surface area contributed by atoms with Crippen LogP contribution in [-0.4, -0.2) is 50.0 Å². The number of aromatic nitrogens is 4. The molecule has 5 rings (SSSR count). The summed E-state index contributed by atoms with van der Waals surface area (Å²) in [6, 6.07) is -2.71. The van der Waals surface area contributed by atoms with Crippen LogP contribution in [0.2, 0.25) is 0 Å². The zero-order chi connectivity index (χ0) is 29.4. The van der Waals surface area contributed by atoms with Crippen molar-refractivity contribution < 1.29 is 34.0 Å². The summed E-state index contributed by atoms with van der Waals surface area (Å²) in [5.41, 5.74) is -0.621. The molecule has 0 radical (unpaired) electrons. The molecule has 0 spiro atoms. The van der Waals surface area contributed by atoms with Gasteiger partial charge in [-0.2, -0.15) is 4.98 Å². The van der Waals surface area contributed by atoms with Crippen molar-refractivity contribution in [1.82, 2.24) is 19.5 Å². The van der Waals surface area contributed by atoms with Crippen LogP contribution in [0.5, 0.6) is 0 Å². The van der Waals surface area contributed by atoms with Gasteiger partial charge in [0.2, 0.25) is 11.9 Å². The lowest BCUT2D eigenvalue weighted by atomic mass is 9.93. The third-order valence-electron chi connectivity index (χ3n) is 4.91. The molecule has 3 N–H and O–H groups in total. The van der Waals surface area contributed by atoms with Gasteiger partial charge in [0, 0.05) is 34.4 Å². The third kappa shape index (κ3) is 4.09. The molecule has 0 amide bonds. The summed E-state index contributed by atoms with van der Waals surface area (Å²) < 4.78 is 115. The van der Waals surface area contributed by atoms with Crippen molar-refractivity contribution in [3.05, 3.63) is 35.8 Å². The molecule has 11 heteroatoms. The molecule has 4 unspecified atom stereocenters. The molecule has 0 bridgehead atoms. The number of aliphatic hydroxyl groups is 1. The van der Waals surface area contributed by atoms with Gasteiger partial charge in [0.15, 0.2) is 17.3 Å². The van der Waals surface area contributed by atoms with E-state index in [9.17, 15) is 18.3 Å². The third-order valence-corrected chi connectivity index (χ3v) is 4.91. The zero-order valence-electron chi connectivity index (χ0n) is 24.4. The van der Waals surface area contributed by atoms with Crippen LogP contribution in [0.15, 0.2) is 18.3 Å². The van der Waals surface area contributed by atoms with Crippen molar-refractivity contribution in [3.63, 3.8) is 0 Å². The molecule has 2 aliphatic rings. The van der Waals surface area contributed by atoms with Crippen LogP contribution in [0, 0.1) is 17.5 Å². The van der Waals surface area contributed by atoms with E-state index in [2.05, 4.69) is 25.6 Å². The molecule has 32 heavy (non-hydrogen) atoms. The van der Waals surface area contributed by atoms with Crippen molar-refractivity contribution in [2.24, 2.45) is 0 Å². The Balaban J connectivity index is 1.61. The Morgan fingerprint density at radius 1 is 1.19 bits per heavy atom. The first-order valence-corrected chi connectivity index (χ1v) is 9.65. The number of fused-ring (bicyclic) bond motifs is 1. The molecule has 170 valence electrons. The van der Waals surface area contributed by atoms with Gasteiger partial charge in [0.25, 0.3) is 0 Å². The lowest BCUT2D eigenvalue weighted by Gasteiger charge is -2.26. The van der Waals surface area contributed by atoms with E-state index in [4.69, 9.17) is 15.7 Å². The molecule has 4 atom stereocenters. The number of nitrogens with one attached hydrogen (secondary N) is 2. The van der Waals surface area contributed by atoms with E-state index in [1.165, 1.54) is 4.57 Å². The molecular formula is C21H23F3N6O2. The van der Waals surface area contributed by atoms with Crippen LogP contribution < -0.4 is 10.6 Å². The Bertz CT molecular complexity index is 1450. The second-order valence-corrected chi connectivity index (χ2v) is 7.12. The van der Waals surface area contributed by atoms with E-state index in [-0.39, 0.29) is 23.7 Å². The first-order chi connectivity index (χ1) is 18.5.